The van der Waals surface area contributed by atoms with Crippen LogP contribution in [0.3, 0.4) is 0 Å². The minimum Gasteiger partial charge on any atom is -0.377 e. The lowest BCUT2D eigenvalue weighted by Crippen LogP contribution is -2.59. The van der Waals surface area contributed by atoms with Gasteiger partial charge in [-0.15, -0.1) is 0 Å². The van der Waals surface area contributed by atoms with E-state index in [4.69, 9.17) is 10.5 Å². The molecule has 1 heterocycles. The van der Waals surface area contributed by atoms with Crippen LogP contribution < -0.4 is 11.1 Å². The molecular weight excluding hydrogens is 210 g/mol. The molecule has 16 heavy (non-hydrogen) atoms. The van der Waals surface area contributed by atoms with Crippen LogP contribution in [0.2, 0.25) is 0 Å². The van der Waals surface area contributed by atoms with Crippen molar-refractivity contribution < 1.29 is 14.3 Å². The predicted molar refractivity (Wildman–Crippen MR) is 56.7 cm³/mol. The van der Waals surface area contributed by atoms with Gasteiger partial charge in [-0.3, -0.25) is 4.79 Å². The number of ether oxygens (including phenoxy) is 1. The molecule has 0 aromatic rings. The Hall–Kier alpha value is -1.30. The molecule has 90 valence electrons. The number of nitrogens with two attached hydrogens (primary N) is 1. The van der Waals surface area contributed by atoms with Gasteiger partial charge in [0, 0.05) is 12.6 Å². The third-order valence-corrected chi connectivity index (χ3v) is 3.15. The van der Waals surface area contributed by atoms with Crippen molar-refractivity contribution in [2.24, 2.45) is 5.73 Å². The summed E-state index contributed by atoms with van der Waals surface area (Å²) >= 11 is 0. The molecule has 1 saturated heterocycles. The molecule has 0 bridgehead atoms. The quantitative estimate of drug-likeness (QED) is 0.663. The van der Waals surface area contributed by atoms with Crippen LogP contribution in [0.1, 0.15) is 19.3 Å². The predicted octanol–water partition coefficient (Wildman–Crippen LogP) is -0.565. The summed E-state index contributed by atoms with van der Waals surface area (Å²) < 4.78 is 5.15. The molecule has 2 fully saturated rings. The Balaban J connectivity index is 1.93. The number of carbonyl (C=O) groups excluding carboxylic acids is 2. The fourth-order valence-electron chi connectivity index (χ4n) is 1.89. The second kappa shape index (κ2) is 4.69. The van der Waals surface area contributed by atoms with Crippen molar-refractivity contribution in [3.05, 3.63) is 0 Å². The zero-order valence-electron chi connectivity index (χ0n) is 9.15. The highest BCUT2D eigenvalue weighted by atomic mass is 16.5. The highest BCUT2D eigenvalue weighted by Gasteiger charge is 2.32. The van der Waals surface area contributed by atoms with Crippen LogP contribution in [0.4, 0.5) is 4.79 Å². The molecule has 0 aromatic heterocycles. The molecule has 1 atom stereocenters. The smallest absolute Gasteiger partial charge is 0.318 e. The van der Waals surface area contributed by atoms with Gasteiger partial charge in [-0.05, 0) is 19.3 Å². The Morgan fingerprint density at radius 2 is 2.12 bits per heavy atom. The van der Waals surface area contributed by atoms with Crippen molar-refractivity contribution in [1.29, 1.82) is 0 Å². The van der Waals surface area contributed by atoms with Crippen LogP contribution in [0.25, 0.3) is 0 Å². The van der Waals surface area contributed by atoms with Gasteiger partial charge < -0.3 is 20.7 Å². The number of hydrogen-bond acceptors (Lipinski definition) is 3. The number of carbonyl (C=O) groups is 2. The Bertz CT molecular complexity index is 291. The summed E-state index contributed by atoms with van der Waals surface area (Å²) in [5.41, 5.74) is 5.23. The number of urea groups is 1. The van der Waals surface area contributed by atoms with Gasteiger partial charge in [0.05, 0.1) is 13.2 Å². The van der Waals surface area contributed by atoms with Crippen molar-refractivity contribution in [2.45, 2.75) is 31.3 Å². The van der Waals surface area contributed by atoms with Crippen molar-refractivity contribution in [1.82, 2.24) is 10.2 Å². The highest BCUT2D eigenvalue weighted by Crippen LogP contribution is 2.18. The summed E-state index contributed by atoms with van der Waals surface area (Å²) in [4.78, 5) is 24.5. The average molecular weight is 227 g/mol. The summed E-state index contributed by atoms with van der Waals surface area (Å²) in [6, 6.07) is -0.561. The van der Waals surface area contributed by atoms with E-state index in [0.717, 1.165) is 19.3 Å². The van der Waals surface area contributed by atoms with E-state index in [9.17, 15) is 9.59 Å². The normalized spacial score (nSPS) is 26.0. The molecule has 0 aromatic carbocycles. The summed E-state index contributed by atoms with van der Waals surface area (Å²) in [7, 11) is 0. The van der Waals surface area contributed by atoms with Crippen molar-refractivity contribution >= 4 is 11.9 Å². The van der Waals surface area contributed by atoms with Gasteiger partial charge in [0.25, 0.3) is 0 Å². The maximum absolute atomic E-state index is 11.9. The van der Waals surface area contributed by atoms with Crippen molar-refractivity contribution in [2.75, 3.05) is 19.8 Å². The van der Waals surface area contributed by atoms with Gasteiger partial charge in [-0.25, -0.2) is 4.79 Å². The van der Waals surface area contributed by atoms with E-state index < -0.39 is 11.9 Å². The van der Waals surface area contributed by atoms with E-state index in [1.807, 2.05) is 0 Å². The molecule has 1 unspecified atom stereocenters. The number of rotatable bonds is 2. The first-order valence-electron chi connectivity index (χ1n) is 5.62. The molecule has 3 amide bonds. The van der Waals surface area contributed by atoms with E-state index in [1.54, 1.807) is 0 Å². The fraction of sp³-hybridized carbons (Fsp3) is 0.800. The number of nitrogens with one attached hydrogen (secondary N) is 1. The van der Waals surface area contributed by atoms with Gasteiger partial charge in [0.2, 0.25) is 5.91 Å². The molecule has 2 aliphatic rings. The number of morpholine rings is 1. The van der Waals surface area contributed by atoms with E-state index in [-0.39, 0.29) is 18.7 Å². The van der Waals surface area contributed by atoms with E-state index in [1.165, 1.54) is 4.90 Å². The maximum atomic E-state index is 11.9. The zero-order valence-corrected chi connectivity index (χ0v) is 9.15. The Kier molecular flexibility index (Phi) is 3.28. The average Bonchev–Trinajstić information content (AvgIpc) is 2.23. The van der Waals surface area contributed by atoms with Crippen LogP contribution in [0, 0.1) is 0 Å². The lowest BCUT2D eigenvalue weighted by atomic mass is 9.93. The number of primary amides is 1. The summed E-state index contributed by atoms with van der Waals surface area (Å²) in [6.45, 7) is 1.08. The zero-order chi connectivity index (χ0) is 11.5. The minimum absolute atomic E-state index is 0.197. The molecule has 1 aliphatic carbocycles. The molecule has 2 rings (SSSR count). The lowest BCUT2D eigenvalue weighted by molar-refractivity contribution is -0.127. The molecule has 0 radical (unpaired) electrons. The standard InChI is InChI=1S/C10H17N3O3/c11-9(14)8-6-16-5-4-13(8)10(15)12-7-2-1-3-7/h7-8H,1-6H2,(H2,11,14)(H,12,15). The molecule has 1 saturated carbocycles. The number of amides is 3. The second-order valence-corrected chi connectivity index (χ2v) is 4.26. The fourth-order valence-corrected chi connectivity index (χ4v) is 1.89. The van der Waals surface area contributed by atoms with Crippen molar-refractivity contribution in [3.8, 4) is 0 Å². The first-order chi connectivity index (χ1) is 7.68. The summed E-state index contributed by atoms with van der Waals surface area (Å²) in [6.07, 6.45) is 3.21. The molecule has 3 N–H and O–H groups in total. The largest absolute Gasteiger partial charge is 0.377 e. The Labute approximate surface area is 94.1 Å². The van der Waals surface area contributed by atoms with Gasteiger partial charge in [-0.1, -0.05) is 0 Å². The maximum Gasteiger partial charge on any atom is 0.318 e. The molecular formula is C10H17N3O3. The SMILES string of the molecule is NC(=O)C1COCCN1C(=O)NC1CCC1. The van der Waals surface area contributed by atoms with E-state index in [0.29, 0.717) is 13.2 Å². The first kappa shape index (κ1) is 11.2. The molecule has 6 heteroatoms. The highest BCUT2D eigenvalue weighted by molar-refractivity contribution is 5.86. The minimum atomic E-state index is -0.631. The van der Waals surface area contributed by atoms with Crippen LogP contribution >= 0.6 is 0 Å². The van der Waals surface area contributed by atoms with Gasteiger partial charge >= 0.3 is 6.03 Å². The first-order valence-corrected chi connectivity index (χ1v) is 5.62. The lowest BCUT2D eigenvalue weighted by Gasteiger charge is -2.36. The van der Waals surface area contributed by atoms with Crippen LogP contribution in [-0.4, -0.2) is 48.7 Å². The van der Waals surface area contributed by atoms with Gasteiger partial charge in [0.15, 0.2) is 0 Å². The van der Waals surface area contributed by atoms with Crippen LogP contribution in [-0.2, 0) is 9.53 Å². The summed E-state index contributed by atoms with van der Waals surface area (Å²) in [5.74, 6) is -0.511. The Morgan fingerprint density at radius 1 is 1.38 bits per heavy atom. The molecule has 1 aliphatic heterocycles. The molecule has 0 spiro atoms. The van der Waals surface area contributed by atoms with Crippen molar-refractivity contribution in [3.63, 3.8) is 0 Å². The van der Waals surface area contributed by atoms with Gasteiger partial charge in [-0.2, -0.15) is 0 Å². The Morgan fingerprint density at radius 3 is 2.69 bits per heavy atom. The van der Waals surface area contributed by atoms with Crippen LogP contribution in [0.5, 0.6) is 0 Å². The molecule has 6 nitrogen and oxygen atoms in total. The van der Waals surface area contributed by atoms with E-state index >= 15 is 0 Å². The van der Waals surface area contributed by atoms with Gasteiger partial charge in [0.1, 0.15) is 6.04 Å². The van der Waals surface area contributed by atoms with Crippen LogP contribution in [0.15, 0.2) is 0 Å². The monoisotopic (exact) mass is 227 g/mol. The van der Waals surface area contributed by atoms with E-state index in [2.05, 4.69) is 5.32 Å². The third kappa shape index (κ3) is 2.27. The number of nitrogens with zero attached hydrogens (tertiary/aromatic N) is 1. The second-order valence-electron chi connectivity index (χ2n) is 4.26. The summed E-state index contributed by atoms with van der Waals surface area (Å²) in [5, 5.41) is 2.89. The topological polar surface area (TPSA) is 84.7 Å². The third-order valence-electron chi connectivity index (χ3n) is 3.15. The number of hydrogen-bond donors (Lipinski definition) is 2.